The van der Waals surface area contributed by atoms with Gasteiger partial charge in [0.25, 0.3) is 10.0 Å². The van der Waals surface area contributed by atoms with Crippen LogP contribution in [0, 0.1) is 13.8 Å². The first-order chi connectivity index (χ1) is 17.6. The van der Waals surface area contributed by atoms with Gasteiger partial charge in [0, 0.05) is 18.5 Å². The first kappa shape index (κ1) is 28.3. The molecular formula is C28H33N3O4S2. The van der Waals surface area contributed by atoms with Crippen molar-refractivity contribution in [3.63, 3.8) is 0 Å². The van der Waals surface area contributed by atoms with Gasteiger partial charge >= 0.3 is 0 Å². The first-order valence-electron chi connectivity index (χ1n) is 11.9. The van der Waals surface area contributed by atoms with Gasteiger partial charge in [0.1, 0.15) is 12.6 Å². The number of nitrogens with zero attached hydrogens (tertiary/aromatic N) is 2. The van der Waals surface area contributed by atoms with E-state index in [4.69, 9.17) is 0 Å². The smallest absolute Gasteiger partial charge is 0.264 e. The van der Waals surface area contributed by atoms with Crippen molar-refractivity contribution in [2.45, 2.75) is 43.1 Å². The number of thioether (sulfide) groups is 1. The van der Waals surface area contributed by atoms with Crippen molar-refractivity contribution >= 4 is 39.3 Å². The number of benzene rings is 3. The standard InChI is InChI=1S/C28H33N3O4S2/c1-20-6-10-23(11-7-20)18-30(22(3)28(33)29-4)27(32)19-31(24-12-8-21(2)9-13-24)37(34,35)26-16-14-25(36-5)15-17-26/h6-17,22H,18-19H2,1-5H3,(H,29,33)/t22-/m1/s1. The Labute approximate surface area is 223 Å². The van der Waals surface area contributed by atoms with Gasteiger partial charge in [0.05, 0.1) is 10.6 Å². The molecule has 0 aliphatic carbocycles. The van der Waals surface area contributed by atoms with E-state index >= 15 is 0 Å². The summed E-state index contributed by atoms with van der Waals surface area (Å²) in [6.07, 6.45) is 1.91. The highest BCUT2D eigenvalue weighted by molar-refractivity contribution is 7.98. The minimum Gasteiger partial charge on any atom is -0.357 e. The molecule has 0 saturated heterocycles. The van der Waals surface area contributed by atoms with Gasteiger partial charge in [-0.3, -0.25) is 13.9 Å². The zero-order valence-electron chi connectivity index (χ0n) is 21.8. The van der Waals surface area contributed by atoms with Crippen LogP contribution in [0.1, 0.15) is 23.6 Å². The van der Waals surface area contributed by atoms with E-state index in [9.17, 15) is 18.0 Å². The highest BCUT2D eigenvalue weighted by atomic mass is 32.2. The fraction of sp³-hybridized carbons (Fsp3) is 0.286. The first-order valence-corrected chi connectivity index (χ1v) is 14.5. The molecule has 196 valence electrons. The van der Waals surface area contributed by atoms with Crippen molar-refractivity contribution < 1.29 is 18.0 Å². The number of carbonyl (C=O) groups is 2. The van der Waals surface area contributed by atoms with E-state index in [-0.39, 0.29) is 17.3 Å². The molecule has 0 aliphatic heterocycles. The van der Waals surface area contributed by atoms with E-state index in [0.717, 1.165) is 25.9 Å². The SMILES string of the molecule is CNC(=O)[C@@H](C)N(Cc1ccc(C)cc1)C(=O)CN(c1ccc(C)cc1)S(=O)(=O)c1ccc(SC)cc1. The van der Waals surface area contributed by atoms with Crippen LogP contribution < -0.4 is 9.62 Å². The number of aryl methyl sites for hydroxylation is 2. The predicted molar refractivity (Wildman–Crippen MR) is 149 cm³/mol. The Morgan fingerprint density at radius 1 is 0.892 bits per heavy atom. The average Bonchev–Trinajstić information content (AvgIpc) is 2.91. The molecule has 0 radical (unpaired) electrons. The van der Waals surface area contributed by atoms with E-state index in [0.29, 0.717) is 5.69 Å². The number of hydrogen-bond donors (Lipinski definition) is 1. The van der Waals surface area contributed by atoms with Crippen LogP contribution in [0.15, 0.2) is 82.6 Å². The zero-order valence-corrected chi connectivity index (χ0v) is 23.4. The van der Waals surface area contributed by atoms with E-state index < -0.39 is 28.5 Å². The fourth-order valence-electron chi connectivity index (χ4n) is 3.80. The lowest BCUT2D eigenvalue weighted by Gasteiger charge is -2.31. The summed E-state index contributed by atoms with van der Waals surface area (Å²) in [7, 11) is -2.57. The predicted octanol–water partition coefficient (Wildman–Crippen LogP) is 4.38. The van der Waals surface area contributed by atoms with Crippen LogP contribution in [0.5, 0.6) is 0 Å². The van der Waals surface area contributed by atoms with Gasteiger partial charge in [-0.15, -0.1) is 11.8 Å². The van der Waals surface area contributed by atoms with E-state index in [2.05, 4.69) is 5.32 Å². The number of rotatable bonds is 10. The molecule has 7 nitrogen and oxygen atoms in total. The lowest BCUT2D eigenvalue weighted by atomic mass is 10.1. The molecule has 3 rings (SSSR count). The maximum absolute atomic E-state index is 13.8. The Hall–Kier alpha value is -3.30. The Morgan fingerprint density at radius 2 is 1.43 bits per heavy atom. The molecule has 1 N–H and O–H groups in total. The number of likely N-dealkylation sites (N-methyl/N-ethyl adjacent to an activating group) is 1. The maximum atomic E-state index is 13.8. The second-order valence-electron chi connectivity index (χ2n) is 8.82. The van der Waals surface area contributed by atoms with E-state index in [1.54, 1.807) is 55.5 Å². The number of sulfonamides is 1. The Balaban J connectivity index is 2.01. The third-order valence-electron chi connectivity index (χ3n) is 6.14. The van der Waals surface area contributed by atoms with Crippen LogP contribution in [0.3, 0.4) is 0 Å². The summed E-state index contributed by atoms with van der Waals surface area (Å²) >= 11 is 1.51. The summed E-state index contributed by atoms with van der Waals surface area (Å²) in [5.74, 6) is -0.820. The molecule has 1 atom stereocenters. The summed E-state index contributed by atoms with van der Waals surface area (Å²) in [6.45, 7) is 5.22. The molecule has 0 spiro atoms. The van der Waals surface area contributed by atoms with Crippen molar-refractivity contribution in [1.82, 2.24) is 10.2 Å². The number of amides is 2. The lowest BCUT2D eigenvalue weighted by Crippen LogP contribution is -2.50. The normalized spacial score (nSPS) is 12.0. The second-order valence-corrected chi connectivity index (χ2v) is 11.6. The fourth-order valence-corrected chi connectivity index (χ4v) is 5.62. The molecular weight excluding hydrogens is 506 g/mol. The minimum absolute atomic E-state index is 0.0862. The molecule has 2 amide bonds. The number of nitrogens with one attached hydrogen (secondary N) is 1. The lowest BCUT2D eigenvalue weighted by molar-refractivity contribution is -0.139. The summed E-state index contributed by atoms with van der Waals surface area (Å²) < 4.78 is 28.7. The molecule has 3 aromatic rings. The van der Waals surface area contributed by atoms with Crippen molar-refractivity contribution in [2.24, 2.45) is 0 Å². The monoisotopic (exact) mass is 539 g/mol. The molecule has 0 unspecified atom stereocenters. The highest BCUT2D eigenvalue weighted by Crippen LogP contribution is 2.26. The van der Waals surface area contributed by atoms with Crippen LogP contribution in [0.25, 0.3) is 0 Å². The maximum Gasteiger partial charge on any atom is 0.264 e. The summed E-state index contributed by atoms with van der Waals surface area (Å²) in [4.78, 5) is 28.7. The van der Waals surface area contributed by atoms with E-state index in [1.165, 1.54) is 23.7 Å². The number of hydrogen-bond acceptors (Lipinski definition) is 5. The van der Waals surface area contributed by atoms with Crippen LogP contribution in [-0.4, -0.2) is 51.0 Å². The minimum atomic E-state index is -4.07. The summed E-state index contributed by atoms with van der Waals surface area (Å²) in [5.41, 5.74) is 3.25. The van der Waals surface area contributed by atoms with Gasteiger partial charge in [0.2, 0.25) is 11.8 Å². The molecule has 0 bridgehead atoms. The Bertz CT molecular complexity index is 1320. The average molecular weight is 540 g/mol. The molecule has 3 aromatic carbocycles. The third kappa shape index (κ3) is 6.93. The molecule has 0 fully saturated rings. The Morgan fingerprint density at radius 3 is 1.95 bits per heavy atom. The van der Waals surface area contributed by atoms with Gasteiger partial charge in [-0.05, 0) is 69.0 Å². The second kappa shape index (κ2) is 12.3. The van der Waals surface area contributed by atoms with Gasteiger partial charge in [-0.25, -0.2) is 8.42 Å². The highest BCUT2D eigenvalue weighted by Gasteiger charge is 2.32. The zero-order chi connectivity index (χ0) is 27.2. The Kier molecular flexibility index (Phi) is 9.39. The van der Waals surface area contributed by atoms with Crippen LogP contribution >= 0.6 is 11.8 Å². The molecule has 9 heteroatoms. The summed E-state index contributed by atoms with van der Waals surface area (Å²) in [5, 5.41) is 2.59. The molecule has 0 aliphatic rings. The quantitative estimate of drug-likeness (QED) is 0.387. The number of carbonyl (C=O) groups excluding carboxylic acids is 2. The third-order valence-corrected chi connectivity index (χ3v) is 8.67. The van der Waals surface area contributed by atoms with Gasteiger partial charge in [-0.2, -0.15) is 0 Å². The van der Waals surface area contributed by atoms with Gasteiger partial charge in [-0.1, -0.05) is 47.5 Å². The molecule has 0 aromatic heterocycles. The van der Waals surface area contributed by atoms with Crippen LogP contribution in [-0.2, 0) is 26.2 Å². The summed E-state index contributed by atoms with van der Waals surface area (Å²) in [6, 6.07) is 20.4. The van der Waals surface area contributed by atoms with Crippen molar-refractivity contribution in [1.29, 1.82) is 0 Å². The largest absolute Gasteiger partial charge is 0.357 e. The van der Waals surface area contributed by atoms with E-state index in [1.807, 2.05) is 44.4 Å². The van der Waals surface area contributed by atoms with Gasteiger partial charge in [0.15, 0.2) is 0 Å². The van der Waals surface area contributed by atoms with Crippen molar-refractivity contribution in [2.75, 3.05) is 24.2 Å². The topological polar surface area (TPSA) is 86.8 Å². The van der Waals surface area contributed by atoms with Crippen LogP contribution in [0.2, 0.25) is 0 Å². The molecule has 0 saturated carbocycles. The number of anilines is 1. The van der Waals surface area contributed by atoms with Crippen molar-refractivity contribution in [3.05, 3.63) is 89.5 Å². The van der Waals surface area contributed by atoms with Gasteiger partial charge < -0.3 is 10.2 Å². The van der Waals surface area contributed by atoms with Crippen molar-refractivity contribution in [3.8, 4) is 0 Å². The van der Waals surface area contributed by atoms with Crippen LogP contribution in [0.4, 0.5) is 5.69 Å². The molecule has 0 heterocycles. The molecule has 37 heavy (non-hydrogen) atoms.